The highest BCUT2D eigenvalue weighted by Crippen LogP contribution is 2.35. The number of piperidine rings is 1. The molecule has 0 saturated carbocycles. The molecule has 1 unspecified atom stereocenters. The van der Waals surface area contributed by atoms with Crippen molar-refractivity contribution >= 4 is 5.91 Å². The zero-order chi connectivity index (χ0) is 15.6. The molecule has 3 heterocycles. The van der Waals surface area contributed by atoms with E-state index < -0.39 is 0 Å². The molecule has 1 atom stereocenters. The molecule has 4 rings (SSSR count). The van der Waals surface area contributed by atoms with Crippen LogP contribution in [0.2, 0.25) is 0 Å². The fraction of sp³-hybridized carbons (Fsp3) is 0.368. The Morgan fingerprint density at radius 1 is 1.04 bits per heavy atom. The maximum Gasteiger partial charge on any atom is 0.254 e. The van der Waals surface area contributed by atoms with E-state index in [0.29, 0.717) is 6.04 Å². The van der Waals surface area contributed by atoms with Crippen molar-refractivity contribution < 1.29 is 4.79 Å². The highest BCUT2D eigenvalue weighted by Gasteiger charge is 2.38. The number of nitrogens with zero attached hydrogens (tertiary/aromatic N) is 2. The molecular formula is C19H21N3O. The predicted octanol–water partition coefficient (Wildman–Crippen LogP) is 2.57. The van der Waals surface area contributed by atoms with Gasteiger partial charge in [0.25, 0.3) is 5.91 Å². The van der Waals surface area contributed by atoms with Gasteiger partial charge < -0.3 is 10.2 Å². The molecule has 0 bridgehead atoms. The summed E-state index contributed by atoms with van der Waals surface area (Å²) in [7, 11) is 0. The minimum Gasteiger partial charge on any atom is -0.327 e. The van der Waals surface area contributed by atoms with Crippen LogP contribution >= 0.6 is 0 Å². The number of benzene rings is 1. The van der Waals surface area contributed by atoms with Crippen LogP contribution in [-0.4, -0.2) is 34.9 Å². The van der Waals surface area contributed by atoms with E-state index in [9.17, 15) is 4.79 Å². The van der Waals surface area contributed by atoms with Crippen LogP contribution in [0.3, 0.4) is 0 Å². The number of pyridine rings is 1. The Balaban J connectivity index is 1.76. The SMILES string of the molecule is O=C1c2ccccc2CC(c2ccccn2)N1C1CCNCC1. The summed E-state index contributed by atoms with van der Waals surface area (Å²) < 4.78 is 0. The summed E-state index contributed by atoms with van der Waals surface area (Å²) in [5.74, 6) is 0.161. The summed E-state index contributed by atoms with van der Waals surface area (Å²) in [5, 5.41) is 3.39. The van der Waals surface area contributed by atoms with Gasteiger partial charge in [-0.25, -0.2) is 0 Å². The van der Waals surface area contributed by atoms with Gasteiger partial charge in [-0.15, -0.1) is 0 Å². The average molecular weight is 307 g/mol. The molecule has 2 aliphatic heterocycles. The van der Waals surface area contributed by atoms with Gasteiger partial charge in [-0.2, -0.15) is 0 Å². The number of carbonyl (C=O) groups excluding carboxylic acids is 1. The lowest BCUT2D eigenvalue weighted by Gasteiger charge is -2.43. The largest absolute Gasteiger partial charge is 0.327 e. The van der Waals surface area contributed by atoms with Crippen LogP contribution in [0.1, 0.15) is 40.5 Å². The van der Waals surface area contributed by atoms with Crippen molar-refractivity contribution in [2.24, 2.45) is 0 Å². The van der Waals surface area contributed by atoms with Gasteiger partial charge in [0.2, 0.25) is 0 Å². The molecule has 1 N–H and O–H groups in total. The second-order valence-electron chi connectivity index (χ2n) is 6.33. The second kappa shape index (κ2) is 6.13. The van der Waals surface area contributed by atoms with E-state index in [1.165, 1.54) is 0 Å². The lowest BCUT2D eigenvalue weighted by molar-refractivity contribution is 0.0478. The monoisotopic (exact) mass is 307 g/mol. The van der Waals surface area contributed by atoms with Gasteiger partial charge in [0, 0.05) is 17.8 Å². The first kappa shape index (κ1) is 14.4. The number of hydrogen-bond acceptors (Lipinski definition) is 3. The Morgan fingerprint density at radius 2 is 1.83 bits per heavy atom. The molecule has 0 aliphatic carbocycles. The van der Waals surface area contributed by atoms with E-state index >= 15 is 0 Å². The summed E-state index contributed by atoms with van der Waals surface area (Å²) >= 11 is 0. The number of amides is 1. The lowest BCUT2D eigenvalue weighted by atomic mass is 9.88. The van der Waals surface area contributed by atoms with Crippen molar-refractivity contribution in [1.82, 2.24) is 15.2 Å². The van der Waals surface area contributed by atoms with Crippen molar-refractivity contribution in [2.75, 3.05) is 13.1 Å². The first-order valence-corrected chi connectivity index (χ1v) is 8.37. The van der Waals surface area contributed by atoms with E-state index in [4.69, 9.17) is 0 Å². The highest BCUT2D eigenvalue weighted by molar-refractivity contribution is 5.97. The minimum absolute atomic E-state index is 0.0432. The van der Waals surface area contributed by atoms with Crippen LogP contribution in [0, 0.1) is 0 Å². The van der Waals surface area contributed by atoms with Crippen LogP contribution in [-0.2, 0) is 6.42 Å². The molecule has 0 spiro atoms. The Kier molecular flexibility index (Phi) is 3.83. The molecule has 4 nitrogen and oxygen atoms in total. The van der Waals surface area contributed by atoms with Crippen molar-refractivity contribution in [3.05, 3.63) is 65.5 Å². The summed E-state index contributed by atoms with van der Waals surface area (Å²) in [6, 6.07) is 14.3. The molecule has 2 aliphatic rings. The standard InChI is InChI=1S/C19H21N3O/c23-19-16-6-2-1-5-14(16)13-18(17-7-3-4-10-21-17)22(19)15-8-11-20-12-9-15/h1-7,10,15,18,20H,8-9,11-13H2. The Morgan fingerprint density at radius 3 is 2.61 bits per heavy atom. The molecule has 1 amide bonds. The molecule has 1 fully saturated rings. The molecular weight excluding hydrogens is 286 g/mol. The fourth-order valence-electron chi connectivity index (χ4n) is 3.82. The summed E-state index contributed by atoms with van der Waals surface area (Å²) in [6.45, 7) is 1.95. The summed E-state index contributed by atoms with van der Waals surface area (Å²) in [6.07, 6.45) is 4.69. The van der Waals surface area contributed by atoms with Gasteiger partial charge in [-0.3, -0.25) is 9.78 Å². The Labute approximate surface area is 136 Å². The number of hydrogen-bond donors (Lipinski definition) is 1. The zero-order valence-corrected chi connectivity index (χ0v) is 13.1. The number of carbonyl (C=O) groups is 1. The topological polar surface area (TPSA) is 45.2 Å². The zero-order valence-electron chi connectivity index (χ0n) is 13.1. The van der Waals surface area contributed by atoms with Gasteiger partial charge in [0.15, 0.2) is 0 Å². The third-order valence-corrected chi connectivity index (χ3v) is 4.96. The van der Waals surface area contributed by atoms with Crippen molar-refractivity contribution in [3.8, 4) is 0 Å². The maximum atomic E-state index is 13.2. The van der Waals surface area contributed by atoms with E-state index in [1.54, 1.807) is 0 Å². The molecule has 1 aromatic heterocycles. The van der Waals surface area contributed by atoms with Gasteiger partial charge in [-0.05, 0) is 56.1 Å². The van der Waals surface area contributed by atoms with E-state index in [2.05, 4.69) is 21.3 Å². The molecule has 0 radical (unpaired) electrons. The number of aromatic nitrogens is 1. The number of rotatable bonds is 2. The quantitative estimate of drug-likeness (QED) is 0.927. The predicted molar refractivity (Wildman–Crippen MR) is 89.2 cm³/mol. The first-order valence-electron chi connectivity index (χ1n) is 8.37. The molecule has 118 valence electrons. The smallest absolute Gasteiger partial charge is 0.254 e. The fourth-order valence-corrected chi connectivity index (χ4v) is 3.82. The second-order valence-corrected chi connectivity index (χ2v) is 6.33. The van der Waals surface area contributed by atoms with Gasteiger partial charge in [-0.1, -0.05) is 24.3 Å². The van der Waals surface area contributed by atoms with E-state index in [0.717, 1.165) is 49.2 Å². The third-order valence-electron chi connectivity index (χ3n) is 4.96. The molecule has 23 heavy (non-hydrogen) atoms. The molecule has 4 heteroatoms. The number of fused-ring (bicyclic) bond motifs is 1. The van der Waals surface area contributed by atoms with Crippen molar-refractivity contribution in [1.29, 1.82) is 0 Å². The first-order chi connectivity index (χ1) is 11.3. The van der Waals surface area contributed by atoms with Crippen molar-refractivity contribution in [2.45, 2.75) is 31.3 Å². The van der Waals surface area contributed by atoms with Crippen LogP contribution in [0.4, 0.5) is 0 Å². The van der Waals surface area contributed by atoms with Gasteiger partial charge >= 0.3 is 0 Å². The van der Waals surface area contributed by atoms with Crippen LogP contribution in [0.25, 0.3) is 0 Å². The Bertz CT molecular complexity index is 695. The summed E-state index contributed by atoms with van der Waals surface area (Å²) in [5.41, 5.74) is 2.99. The average Bonchev–Trinajstić information content (AvgIpc) is 2.63. The Hall–Kier alpha value is -2.20. The molecule has 1 aromatic carbocycles. The van der Waals surface area contributed by atoms with Crippen LogP contribution < -0.4 is 5.32 Å². The maximum absolute atomic E-state index is 13.2. The van der Waals surface area contributed by atoms with Gasteiger partial charge in [0.1, 0.15) is 0 Å². The summed E-state index contributed by atoms with van der Waals surface area (Å²) in [4.78, 5) is 19.8. The number of nitrogens with one attached hydrogen (secondary N) is 1. The minimum atomic E-state index is 0.0432. The molecule has 2 aromatic rings. The van der Waals surface area contributed by atoms with E-state index in [1.807, 2.05) is 42.6 Å². The van der Waals surface area contributed by atoms with Crippen molar-refractivity contribution in [3.63, 3.8) is 0 Å². The molecule has 1 saturated heterocycles. The normalized spacial score (nSPS) is 22.0. The highest BCUT2D eigenvalue weighted by atomic mass is 16.2. The van der Waals surface area contributed by atoms with E-state index in [-0.39, 0.29) is 11.9 Å². The third kappa shape index (κ3) is 2.63. The van der Waals surface area contributed by atoms with Crippen LogP contribution in [0.15, 0.2) is 48.7 Å². The van der Waals surface area contributed by atoms with Gasteiger partial charge in [0.05, 0.1) is 11.7 Å². The van der Waals surface area contributed by atoms with Crippen LogP contribution in [0.5, 0.6) is 0 Å². The lowest BCUT2D eigenvalue weighted by Crippen LogP contribution is -2.50.